The average molecular weight is 278 g/mol. The number of hydrogen-bond acceptors (Lipinski definition) is 5. The summed E-state index contributed by atoms with van der Waals surface area (Å²) in [7, 11) is 0. The Kier molecular flexibility index (Phi) is 2.82. The summed E-state index contributed by atoms with van der Waals surface area (Å²) in [4.78, 5) is 15.3. The van der Waals surface area contributed by atoms with Crippen molar-refractivity contribution in [2.24, 2.45) is 0 Å². The van der Waals surface area contributed by atoms with Crippen LogP contribution < -0.4 is 11.1 Å². The van der Waals surface area contributed by atoms with Gasteiger partial charge < -0.3 is 11.1 Å². The second-order valence-corrected chi connectivity index (χ2v) is 4.65. The highest BCUT2D eigenvalue weighted by atomic mass is 16.1. The van der Waals surface area contributed by atoms with Gasteiger partial charge in [-0.25, -0.2) is 4.98 Å². The SMILES string of the molecule is N#Cc1ncn(-c2cc3c(cc2N)NC(=O)CC3)c1C#N. The van der Waals surface area contributed by atoms with Crippen LogP contribution in [0.3, 0.4) is 0 Å². The summed E-state index contributed by atoms with van der Waals surface area (Å²) in [6.45, 7) is 0. The number of benzene rings is 1. The molecule has 0 saturated carbocycles. The Hall–Kier alpha value is -3.32. The second kappa shape index (κ2) is 4.66. The summed E-state index contributed by atoms with van der Waals surface area (Å²) < 4.78 is 1.49. The molecule has 7 nitrogen and oxygen atoms in total. The van der Waals surface area contributed by atoms with Crippen molar-refractivity contribution in [2.45, 2.75) is 12.8 Å². The van der Waals surface area contributed by atoms with E-state index in [0.29, 0.717) is 29.9 Å². The Labute approximate surface area is 120 Å². The average Bonchev–Trinajstić information content (AvgIpc) is 2.89. The van der Waals surface area contributed by atoms with Crippen molar-refractivity contribution in [3.63, 3.8) is 0 Å². The van der Waals surface area contributed by atoms with Gasteiger partial charge in [0.25, 0.3) is 0 Å². The van der Waals surface area contributed by atoms with Gasteiger partial charge in [-0.2, -0.15) is 10.5 Å². The Morgan fingerprint density at radius 2 is 2.10 bits per heavy atom. The maximum Gasteiger partial charge on any atom is 0.224 e. The third kappa shape index (κ3) is 1.97. The minimum absolute atomic E-state index is 0.0400. The smallest absolute Gasteiger partial charge is 0.224 e. The van der Waals surface area contributed by atoms with E-state index in [1.54, 1.807) is 6.07 Å². The van der Waals surface area contributed by atoms with Crippen molar-refractivity contribution in [1.82, 2.24) is 9.55 Å². The van der Waals surface area contributed by atoms with E-state index in [1.165, 1.54) is 10.9 Å². The first-order valence-electron chi connectivity index (χ1n) is 6.24. The van der Waals surface area contributed by atoms with Crippen LogP contribution in [0.2, 0.25) is 0 Å². The van der Waals surface area contributed by atoms with Crippen LogP contribution in [-0.4, -0.2) is 15.5 Å². The van der Waals surface area contributed by atoms with E-state index in [1.807, 2.05) is 18.2 Å². The van der Waals surface area contributed by atoms with E-state index < -0.39 is 0 Å². The van der Waals surface area contributed by atoms with Crippen molar-refractivity contribution in [3.8, 4) is 17.8 Å². The van der Waals surface area contributed by atoms with Crippen molar-refractivity contribution in [1.29, 1.82) is 10.5 Å². The molecule has 0 radical (unpaired) electrons. The molecule has 1 aliphatic rings. The molecule has 0 fully saturated rings. The molecule has 1 aromatic carbocycles. The number of fused-ring (bicyclic) bond motifs is 1. The van der Waals surface area contributed by atoms with Crippen LogP contribution in [0.25, 0.3) is 5.69 Å². The number of hydrogen-bond donors (Lipinski definition) is 2. The van der Waals surface area contributed by atoms with Gasteiger partial charge in [-0.1, -0.05) is 0 Å². The first-order valence-corrected chi connectivity index (χ1v) is 6.24. The van der Waals surface area contributed by atoms with E-state index >= 15 is 0 Å². The molecule has 1 aromatic heterocycles. The number of nitriles is 2. The Balaban J connectivity index is 2.17. The van der Waals surface area contributed by atoms with Crippen molar-refractivity contribution in [2.75, 3.05) is 11.1 Å². The molecule has 0 atom stereocenters. The number of nitrogen functional groups attached to an aromatic ring is 1. The molecular formula is C14H10N6O. The van der Waals surface area contributed by atoms with Gasteiger partial charge in [-0.15, -0.1) is 0 Å². The van der Waals surface area contributed by atoms with Crippen molar-refractivity contribution in [3.05, 3.63) is 35.4 Å². The maximum atomic E-state index is 11.4. The maximum absolute atomic E-state index is 11.4. The lowest BCUT2D eigenvalue weighted by molar-refractivity contribution is -0.116. The molecule has 0 aliphatic carbocycles. The van der Waals surface area contributed by atoms with Crippen LogP contribution in [0.15, 0.2) is 18.5 Å². The van der Waals surface area contributed by atoms with Crippen LogP contribution in [0.1, 0.15) is 23.4 Å². The summed E-state index contributed by atoms with van der Waals surface area (Å²) >= 11 is 0. The third-order valence-corrected chi connectivity index (χ3v) is 3.39. The molecule has 1 amide bonds. The molecule has 3 rings (SSSR count). The molecule has 2 heterocycles. The number of imidazole rings is 1. The summed E-state index contributed by atoms with van der Waals surface area (Å²) in [5.74, 6) is -0.0400. The number of rotatable bonds is 1. The molecular weight excluding hydrogens is 268 g/mol. The highest BCUT2D eigenvalue weighted by Gasteiger charge is 2.19. The molecule has 21 heavy (non-hydrogen) atoms. The van der Waals surface area contributed by atoms with Gasteiger partial charge in [-0.05, 0) is 24.1 Å². The van der Waals surface area contributed by atoms with Crippen LogP contribution >= 0.6 is 0 Å². The number of carbonyl (C=O) groups excluding carboxylic acids is 1. The minimum atomic E-state index is -0.0400. The quantitative estimate of drug-likeness (QED) is 0.756. The molecule has 102 valence electrons. The zero-order chi connectivity index (χ0) is 15.0. The molecule has 7 heteroatoms. The molecule has 3 N–H and O–H groups in total. The summed E-state index contributed by atoms with van der Waals surface area (Å²) in [5, 5.41) is 20.9. The van der Waals surface area contributed by atoms with E-state index in [0.717, 1.165) is 5.56 Å². The fourth-order valence-corrected chi connectivity index (χ4v) is 2.36. The monoisotopic (exact) mass is 278 g/mol. The van der Waals surface area contributed by atoms with E-state index in [2.05, 4.69) is 10.3 Å². The van der Waals surface area contributed by atoms with Crippen LogP contribution in [0, 0.1) is 22.7 Å². The number of nitrogens with one attached hydrogen (secondary N) is 1. The van der Waals surface area contributed by atoms with Crippen LogP contribution in [0.5, 0.6) is 0 Å². The van der Waals surface area contributed by atoms with Crippen molar-refractivity contribution < 1.29 is 4.79 Å². The lowest BCUT2D eigenvalue weighted by Gasteiger charge is -2.19. The predicted molar refractivity (Wildman–Crippen MR) is 74.4 cm³/mol. The molecule has 0 unspecified atom stereocenters. The number of aromatic nitrogens is 2. The molecule has 0 bridgehead atoms. The number of amides is 1. The zero-order valence-corrected chi connectivity index (χ0v) is 10.9. The minimum Gasteiger partial charge on any atom is -0.397 e. The number of nitrogens with two attached hydrogens (primary N) is 1. The first kappa shape index (κ1) is 12.7. The lowest BCUT2D eigenvalue weighted by Crippen LogP contribution is -2.19. The topological polar surface area (TPSA) is 121 Å². The summed E-state index contributed by atoms with van der Waals surface area (Å²) in [6.07, 6.45) is 2.42. The van der Waals surface area contributed by atoms with Gasteiger partial charge in [0.2, 0.25) is 5.91 Å². The number of aryl methyl sites for hydroxylation is 1. The van der Waals surface area contributed by atoms with Crippen LogP contribution in [0.4, 0.5) is 11.4 Å². The Morgan fingerprint density at radius 1 is 1.29 bits per heavy atom. The number of carbonyl (C=O) groups is 1. The van der Waals surface area contributed by atoms with Crippen molar-refractivity contribution >= 4 is 17.3 Å². The fourth-order valence-electron chi connectivity index (χ4n) is 2.36. The molecule has 0 spiro atoms. The Bertz CT molecular complexity index is 836. The standard InChI is InChI=1S/C14H10N6O/c15-5-11-13(6-16)20(7-18-11)12-3-8-1-2-14(21)19-10(8)4-9(12)17/h3-4,7H,1-2,17H2,(H,19,21). The van der Waals surface area contributed by atoms with Gasteiger partial charge in [0.05, 0.1) is 11.4 Å². The lowest BCUT2D eigenvalue weighted by atomic mass is 10.0. The highest BCUT2D eigenvalue weighted by molar-refractivity contribution is 5.95. The zero-order valence-electron chi connectivity index (χ0n) is 10.9. The molecule has 2 aromatic rings. The number of nitrogens with zero attached hydrogens (tertiary/aromatic N) is 4. The van der Waals surface area contributed by atoms with Gasteiger partial charge in [0, 0.05) is 12.1 Å². The van der Waals surface area contributed by atoms with Gasteiger partial charge in [0.1, 0.15) is 18.5 Å². The second-order valence-electron chi connectivity index (χ2n) is 4.65. The Morgan fingerprint density at radius 3 is 2.81 bits per heavy atom. The fraction of sp³-hybridized carbons (Fsp3) is 0.143. The highest BCUT2D eigenvalue weighted by Crippen LogP contribution is 2.30. The van der Waals surface area contributed by atoms with Crippen LogP contribution in [-0.2, 0) is 11.2 Å². The van der Waals surface area contributed by atoms with Gasteiger partial charge >= 0.3 is 0 Å². The normalized spacial score (nSPS) is 13.0. The summed E-state index contributed by atoms with van der Waals surface area (Å²) in [5.41, 5.74) is 8.81. The number of anilines is 2. The molecule has 1 aliphatic heterocycles. The molecule has 0 saturated heterocycles. The van der Waals surface area contributed by atoms with E-state index in [-0.39, 0.29) is 17.3 Å². The van der Waals surface area contributed by atoms with E-state index in [4.69, 9.17) is 11.0 Å². The van der Waals surface area contributed by atoms with E-state index in [9.17, 15) is 10.1 Å². The third-order valence-electron chi connectivity index (χ3n) is 3.39. The van der Waals surface area contributed by atoms with Gasteiger partial charge in [0.15, 0.2) is 11.4 Å². The predicted octanol–water partition coefficient (Wildman–Crippen LogP) is 1.08. The first-order chi connectivity index (χ1) is 10.1. The largest absolute Gasteiger partial charge is 0.397 e. The summed E-state index contributed by atoms with van der Waals surface area (Å²) in [6, 6.07) is 7.31. The van der Waals surface area contributed by atoms with Gasteiger partial charge in [-0.3, -0.25) is 9.36 Å².